The molecule has 122 valence electrons. The van der Waals surface area contributed by atoms with Crippen LogP contribution < -0.4 is 9.64 Å². The first kappa shape index (κ1) is 16.7. The number of anilines is 1. The Morgan fingerprint density at radius 2 is 2.09 bits per heavy atom. The molecule has 1 aromatic carbocycles. The van der Waals surface area contributed by atoms with Crippen LogP contribution in [0.15, 0.2) is 18.2 Å². The normalized spacial score (nSPS) is 16.2. The van der Waals surface area contributed by atoms with Gasteiger partial charge in [-0.2, -0.15) is 0 Å². The van der Waals surface area contributed by atoms with Crippen LogP contribution in [0.4, 0.5) is 5.69 Å². The number of fused-ring (bicyclic) bond motifs is 1. The van der Waals surface area contributed by atoms with E-state index in [-0.39, 0.29) is 11.8 Å². The predicted molar refractivity (Wildman–Crippen MR) is 89.0 cm³/mol. The molecule has 22 heavy (non-hydrogen) atoms. The molecule has 4 heteroatoms. The smallest absolute Gasteiger partial charge is 0.303 e. The van der Waals surface area contributed by atoms with E-state index in [1.54, 1.807) is 7.11 Å². The van der Waals surface area contributed by atoms with Gasteiger partial charge in [-0.3, -0.25) is 4.79 Å². The molecule has 0 saturated heterocycles. The Morgan fingerprint density at radius 3 is 2.77 bits per heavy atom. The fourth-order valence-electron chi connectivity index (χ4n) is 3.13. The number of aliphatic carboxylic acids is 1. The van der Waals surface area contributed by atoms with Crippen LogP contribution in [-0.4, -0.2) is 31.3 Å². The lowest BCUT2D eigenvalue weighted by atomic mass is 9.77. The van der Waals surface area contributed by atoms with Gasteiger partial charge >= 0.3 is 5.97 Å². The number of unbranched alkanes of at least 4 members (excludes halogenated alkanes) is 2. The fraction of sp³-hybridized carbons (Fsp3) is 0.611. The third-order valence-corrected chi connectivity index (χ3v) is 4.60. The van der Waals surface area contributed by atoms with E-state index in [0.717, 1.165) is 44.5 Å². The van der Waals surface area contributed by atoms with Crippen molar-refractivity contribution in [3.63, 3.8) is 0 Å². The summed E-state index contributed by atoms with van der Waals surface area (Å²) < 4.78 is 5.37. The molecule has 0 atom stereocenters. The van der Waals surface area contributed by atoms with Gasteiger partial charge in [-0.25, -0.2) is 0 Å². The van der Waals surface area contributed by atoms with E-state index in [4.69, 9.17) is 9.84 Å². The summed E-state index contributed by atoms with van der Waals surface area (Å²) in [5, 5.41) is 8.68. The molecule has 1 aromatic rings. The third kappa shape index (κ3) is 3.93. The Bertz CT molecular complexity index is 525. The molecule has 0 saturated carbocycles. The maximum absolute atomic E-state index is 10.5. The number of ether oxygens (including phenoxy) is 1. The van der Waals surface area contributed by atoms with Crippen LogP contribution in [0.2, 0.25) is 0 Å². The number of carbonyl (C=O) groups is 1. The van der Waals surface area contributed by atoms with E-state index in [2.05, 4.69) is 30.9 Å². The molecule has 1 N–H and O–H groups in total. The van der Waals surface area contributed by atoms with Crippen molar-refractivity contribution in [3.8, 4) is 5.75 Å². The Balaban J connectivity index is 2.03. The van der Waals surface area contributed by atoms with Gasteiger partial charge in [0.25, 0.3) is 0 Å². The zero-order chi connectivity index (χ0) is 16.2. The molecule has 0 aliphatic carbocycles. The highest BCUT2D eigenvalue weighted by atomic mass is 16.5. The molecule has 4 nitrogen and oxygen atoms in total. The first-order valence-corrected chi connectivity index (χ1v) is 8.09. The predicted octanol–water partition coefficient (Wildman–Crippen LogP) is 3.83. The summed E-state index contributed by atoms with van der Waals surface area (Å²) in [6, 6.07) is 6.36. The highest BCUT2D eigenvalue weighted by Gasteiger charge is 2.31. The SMILES string of the molecule is COc1ccc2c(c1)N(CCCCCC(=O)O)CCC2(C)C. The largest absolute Gasteiger partial charge is 0.497 e. The molecule has 1 aliphatic heterocycles. The van der Waals surface area contributed by atoms with Crippen molar-refractivity contribution in [2.45, 2.75) is 51.4 Å². The van der Waals surface area contributed by atoms with Crippen molar-refractivity contribution in [3.05, 3.63) is 23.8 Å². The lowest BCUT2D eigenvalue weighted by molar-refractivity contribution is -0.137. The van der Waals surface area contributed by atoms with Crippen LogP contribution in [0, 0.1) is 0 Å². The average molecular weight is 305 g/mol. The molecule has 0 radical (unpaired) electrons. The highest BCUT2D eigenvalue weighted by Crippen LogP contribution is 2.41. The number of benzene rings is 1. The Hall–Kier alpha value is -1.71. The lowest BCUT2D eigenvalue weighted by Crippen LogP contribution is -2.37. The summed E-state index contributed by atoms with van der Waals surface area (Å²) in [5.41, 5.74) is 2.85. The number of hydrogen-bond donors (Lipinski definition) is 1. The van der Waals surface area contributed by atoms with E-state index in [9.17, 15) is 4.79 Å². The molecule has 0 bridgehead atoms. The van der Waals surface area contributed by atoms with Gasteiger partial charge in [0, 0.05) is 31.3 Å². The van der Waals surface area contributed by atoms with Gasteiger partial charge in [-0.1, -0.05) is 26.3 Å². The summed E-state index contributed by atoms with van der Waals surface area (Å²) in [6.45, 7) is 6.62. The molecule has 1 aliphatic rings. The minimum absolute atomic E-state index is 0.196. The zero-order valence-electron chi connectivity index (χ0n) is 13.9. The second-order valence-electron chi connectivity index (χ2n) is 6.71. The molecule has 0 aromatic heterocycles. The van der Waals surface area contributed by atoms with Crippen LogP contribution in [-0.2, 0) is 10.2 Å². The van der Waals surface area contributed by atoms with E-state index in [0.29, 0.717) is 0 Å². The van der Waals surface area contributed by atoms with Crippen molar-refractivity contribution in [2.24, 2.45) is 0 Å². The molecule has 0 fully saturated rings. The van der Waals surface area contributed by atoms with E-state index >= 15 is 0 Å². The van der Waals surface area contributed by atoms with Gasteiger partial charge in [-0.05, 0) is 36.3 Å². The summed E-state index contributed by atoms with van der Waals surface area (Å²) >= 11 is 0. The molecular weight excluding hydrogens is 278 g/mol. The molecule has 0 spiro atoms. The zero-order valence-corrected chi connectivity index (χ0v) is 13.9. The number of methoxy groups -OCH3 is 1. The lowest BCUT2D eigenvalue weighted by Gasteiger charge is -2.40. The van der Waals surface area contributed by atoms with E-state index < -0.39 is 5.97 Å². The number of nitrogens with zero attached hydrogens (tertiary/aromatic N) is 1. The van der Waals surface area contributed by atoms with Crippen molar-refractivity contribution in [1.82, 2.24) is 0 Å². The van der Waals surface area contributed by atoms with Gasteiger partial charge < -0.3 is 14.7 Å². The van der Waals surface area contributed by atoms with Crippen LogP contribution >= 0.6 is 0 Å². The van der Waals surface area contributed by atoms with Crippen LogP contribution in [0.25, 0.3) is 0 Å². The first-order chi connectivity index (χ1) is 10.4. The summed E-state index contributed by atoms with van der Waals surface area (Å²) in [6.07, 6.45) is 4.17. The Morgan fingerprint density at radius 1 is 1.32 bits per heavy atom. The van der Waals surface area contributed by atoms with Crippen molar-refractivity contribution in [2.75, 3.05) is 25.1 Å². The number of carboxylic acid groups (broad SMARTS) is 1. The minimum atomic E-state index is -0.699. The molecule has 0 unspecified atom stereocenters. The van der Waals surface area contributed by atoms with Crippen molar-refractivity contribution in [1.29, 1.82) is 0 Å². The first-order valence-electron chi connectivity index (χ1n) is 8.09. The Kier molecular flexibility index (Phi) is 5.33. The monoisotopic (exact) mass is 305 g/mol. The van der Waals surface area contributed by atoms with Gasteiger partial charge in [0.15, 0.2) is 0 Å². The van der Waals surface area contributed by atoms with Crippen molar-refractivity contribution >= 4 is 11.7 Å². The number of rotatable bonds is 7. The van der Waals surface area contributed by atoms with E-state index in [1.165, 1.54) is 11.3 Å². The number of carboxylic acids is 1. The van der Waals surface area contributed by atoms with Crippen LogP contribution in [0.3, 0.4) is 0 Å². The molecule has 0 amide bonds. The topological polar surface area (TPSA) is 49.8 Å². The molecule has 2 rings (SSSR count). The average Bonchev–Trinajstić information content (AvgIpc) is 2.48. The van der Waals surface area contributed by atoms with Crippen molar-refractivity contribution < 1.29 is 14.6 Å². The van der Waals surface area contributed by atoms with Gasteiger partial charge in [-0.15, -0.1) is 0 Å². The maximum Gasteiger partial charge on any atom is 0.303 e. The summed E-state index contributed by atoms with van der Waals surface area (Å²) in [7, 11) is 1.70. The summed E-state index contributed by atoms with van der Waals surface area (Å²) in [4.78, 5) is 13.0. The van der Waals surface area contributed by atoms with E-state index in [1.807, 2.05) is 6.07 Å². The fourth-order valence-corrected chi connectivity index (χ4v) is 3.13. The minimum Gasteiger partial charge on any atom is -0.497 e. The summed E-state index contributed by atoms with van der Waals surface area (Å²) in [5.74, 6) is 0.196. The number of hydrogen-bond acceptors (Lipinski definition) is 3. The van der Waals surface area contributed by atoms with Gasteiger partial charge in [0.1, 0.15) is 5.75 Å². The highest BCUT2D eigenvalue weighted by molar-refractivity contribution is 5.66. The van der Waals surface area contributed by atoms with Crippen LogP contribution in [0.5, 0.6) is 5.75 Å². The standard InChI is InChI=1S/C18H27NO3/c1-18(2)10-12-19(11-6-4-5-7-17(20)21)16-13-14(22-3)8-9-15(16)18/h8-9,13H,4-7,10-12H2,1-3H3,(H,20,21). The van der Waals surface area contributed by atoms with Crippen LogP contribution in [0.1, 0.15) is 51.5 Å². The molecule has 1 heterocycles. The second kappa shape index (κ2) is 7.03. The second-order valence-corrected chi connectivity index (χ2v) is 6.71. The van der Waals surface area contributed by atoms with Gasteiger partial charge in [0.2, 0.25) is 0 Å². The van der Waals surface area contributed by atoms with Gasteiger partial charge in [0.05, 0.1) is 7.11 Å². The quantitative estimate of drug-likeness (QED) is 0.778. The Labute approximate surface area is 133 Å². The molecular formula is C18H27NO3. The maximum atomic E-state index is 10.5. The third-order valence-electron chi connectivity index (χ3n) is 4.60.